The molecule has 4 nitrogen and oxygen atoms in total. The molecular formula is C21H25FN2O2S. The summed E-state index contributed by atoms with van der Waals surface area (Å²) in [7, 11) is 0. The molecule has 0 aliphatic carbocycles. The number of amides is 2. The number of halogens is 1. The van der Waals surface area contributed by atoms with Crippen LogP contribution in [0.15, 0.2) is 53.4 Å². The third kappa shape index (κ3) is 6.71. The molecule has 27 heavy (non-hydrogen) atoms. The third-order valence-electron chi connectivity index (χ3n) is 4.15. The zero-order valence-corrected chi connectivity index (χ0v) is 16.5. The van der Waals surface area contributed by atoms with E-state index in [2.05, 4.69) is 5.32 Å². The smallest absolute Gasteiger partial charge is 0.253 e. The van der Waals surface area contributed by atoms with Gasteiger partial charge in [0.25, 0.3) is 5.91 Å². The van der Waals surface area contributed by atoms with Crippen molar-refractivity contribution in [2.75, 3.05) is 18.8 Å². The monoisotopic (exact) mass is 388 g/mol. The molecule has 0 saturated carbocycles. The molecule has 0 aliphatic rings. The van der Waals surface area contributed by atoms with E-state index in [1.807, 2.05) is 26.0 Å². The van der Waals surface area contributed by atoms with Gasteiger partial charge in [-0.05, 0) is 55.8 Å². The van der Waals surface area contributed by atoms with E-state index in [-0.39, 0.29) is 17.6 Å². The van der Waals surface area contributed by atoms with E-state index in [0.29, 0.717) is 37.4 Å². The van der Waals surface area contributed by atoms with Gasteiger partial charge in [0.05, 0.1) is 0 Å². The van der Waals surface area contributed by atoms with Gasteiger partial charge in [0, 0.05) is 42.3 Å². The first-order valence-electron chi connectivity index (χ1n) is 9.06. The molecule has 144 valence electrons. The van der Waals surface area contributed by atoms with E-state index >= 15 is 0 Å². The Bertz CT molecular complexity index is 744. The Morgan fingerprint density at radius 1 is 1.00 bits per heavy atom. The number of rotatable bonds is 9. The molecule has 0 atom stereocenters. The van der Waals surface area contributed by atoms with Crippen molar-refractivity contribution < 1.29 is 14.0 Å². The van der Waals surface area contributed by atoms with Crippen molar-refractivity contribution in [2.24, 2.45) is 0 Å². The molecule has 0 fully saturated rings. The zero-order chi connectivity index (χ0) is 19.6. The fourth-order valence-corrected chi connectivity index (χ4v) is 3.39. The highest BCUT2D eigenvalue weighted by molar-refractivity contribution is 7.99. The van der Waals surface area contributed by atoms with Gasteiger partial charge in [0.2, 0.25) is 5.91 Å². The van der Waals surface area contributed by atoms with Gasteiger partial charge in [0.1, 0.15) is 5.82 Å². The first-order chi connectivity index (χ1) is 13.0. The number of hydrogen-bond acceptors (Lipinski definition) is 3. The first-order valence-corrected chi connectivity index (χ1v) is 10.0. The number of hydrogen-bond donors (Lipinski definition) is 1. The van der Waals surface area contributed by atoms with Crippen LogP contribution in [0.5, 0.6) is 0 Å². The molecule has 2 rings (SSSR count). The summed E-state index contributed by atoms with van der Waals surface area (Å²) in [5, 5.41) is 2.88. The average Bonchev–Trinajstić information content (AvgIpc) is 2.69. The summed E-state index contributed by atoms with van der Waals surface area (Å²) < 4.78 is 12.8. The molecule has 0 aromatic heterocycles. The highest BCUT2D eigenvalue weighted by Gasteiger charge is 2.12. The topological polar surface area (TPSA) is 49.4 Å². The van der Waals surface area contributed by atoms with Gasteiger partial charge >= 0.3 is 0 Å². The summed E-state index contributed by atoms with van der Waals surface area (Å²) in [6.45, 7) is 5.71. The molecule has 0 aliphatic heterocycles. The van der Waals surface area contributed by atoms with E-state index in [0.717, 1.165) is 10.5 Å². The number of nitrogens with one attached hydrogen (secondary N) is 1. The molecule has 0 saturated heterocycles. The Kier molecular flexibility index (Phi) is 8.33. The number of carbonyl (C=O) groups is 2. The molecule has 0 bridgehead atoms. The number of carbonyl (C=O) groups excluding carboxylic acids is 2. The van der Waals surface area contributed by atoms with Crippen LogP contribution in [-0.4, -0.2) is 35.6 Å². The first kappa shape index (κ1) is 21.0. The Balaban J connectivity index is 1.74. The normalized spacial score (nSPS) is 10.5. The molecule has 2 amide bonds. The molecule has 1 N–H and O–H groups in total. The van der Waals surface area contributed by atoms with Gasteiger partial charge in [-0.1, -0.05) is 12.1 Å². The van der Waals surface area contributed by atoms with Crippen LogP contribution in [0.4, 0.5) is 4.39 Å². The summed E-state index contributed by atoms with van der Waals surface area (Å²) in [5.74, 6) is 0.359. The number of nitrogens with zero attached hydrogens (tertiary/aromatic N) is 1. The lowest BCUT2D eigenvalue weighted by molar-refractivity contribution is -0.120. The highest BCUT2D eigenvalue weighted by Crippen LogP contribution is 2.18. The van der Waals surface area contributed by atoms with Crippen molar-refractivity contribution in [1.82, 2.24) is 10.2 Å². The van der Waals surface area contributed by atoms with Gasteiger partial charge < -0.3 is 10.2 Å². The van der Waals surface area contributed by atoms with E-state index in [4.69, 9.17) is 0 Å². The quantitative estimate of drug-likeness (QED) is 0.658. The van der Waals surface area contributed by atoms with E-state index in [9.17, 15) is 14.0 Å². The maximum atomic E-state index is 12.8. The fourth-order valence-electron chi connectivity index (χ4n) is 2.54. The van der Waals surface area contributed by atoms with Gasteiger partial charge in [-0.15, -0.1) is 11.8 Å². The second-order valence-electron chi connectivity index (χ2n) is 6.00. The summed E-state index contributed by atoms with van der Waals surface area (Å²) in [6, 6.07) is 13.6. The lowest BCUT2D eigenvalue weighted by Gasteiger charge is -2.18. The number of benzene rings is 2. The van der Waals surface area contributed by atoms with Crippen LogP contribution in [0.25, 0.3) is 0 Å². The SMILES string of the molecule is CCN(CC)C(=O)c1ccc(CNC(=O)CCSc2ccc(F)cc2)cc1. The Morgan fingerprint density at radius 2 is 1.63 bits per heavy atom. The third-order valence-corrected chi connectivity index (χ3v) is 5.17. The van der Waals surface area contributed by atoms with Crippen molar-refractivity contribution in [3.05, 3.63) is 65.5 Å². The lowest BCUT2D eigenvalue weighted by atomic mass is 10.1. The molecule has 0 heterocycles. The van der Waals surface area contributed by atoms with Gasteiger partial charge in [-0.25, -0.2) is 4.39 Å². The molecule has 6 heteroatoms. The molecule has 0 unspecified atom stereocenters. The summed E-state index contributed by atoms with van der Waals surface area (Å²) in [6.07, 6.45) is 0.389. The molecule has 2 aromatic rings. The molecular weight excluding hydrogens is 363 g/mol. The lowest BCUT2D eigenvalue weighted by Crippen LogP contribution is -2.30. The van der Waals surface area contributed by atoms with E-state index in [1.165, 1.54) is 23.9 Å². The molecule has 0 spiro atoms. The predicted octanol–water partition coefficient (Wildman–Crippen LogP) is 4.11. The highest BCUT2D eigenvalue weighted by atomic mass is 32.2. The summed E-state index contributed by atoms with van der Waals surface area (Å²) in [4.78, 5) is 26.9. The Hall–Kier alpha value is -2.34. The second kappa shape index (κ2) is 10.7. The van der Waals surface area contributed by atoms with Gasteiger partial charge in [-0.2, -0.15) is 0 Å². The van der Waals surface area contributed by atoms with Gasteiger partial charge in [-0.3, -0.25) is 9.59 Å². The summed E-state index contributed by atoms with van der Waals surface area (Å²) in [5.41, 5.74) is 1.61. The van der Waals surface area contributed by atoms with E-state index < -0.39 is 0 Å². The van der Waals surface area contributed by atoms with Crippen molar-refractivity contribution in [2.45, 2.75) is 31.7 Å². The van der Waals surface area contributed by atoms with Crippen LogP contribution >= 0.6 is 11.8 Å². The average molecular weight is 389 g/mol. The minimum atomic E-state index is -0.262. The van der Waals surface area contributed by atoms with E-state index in [1.54, 1.807) is 29.2 Å². The van der Waals surface area contributed by atoms with Crippen molar-refractivity contribution in [3.8, 4) is 0 Å². The van der Waals surface area contributed by atoms with Crippen LogP contribution in [0.2, 0.25) is 0 Å². The maximum Gasteiger partial charge on any atom is 0.253 e. The van der Waals surface area contributed by atoms with Crippen molar-refractivity contribution in [1.29, 1.82) is 0 Å². The van der Waals surface area contributed by atoms with Crippen LogP contribution in [-0.2, 0) is 11.3 Å². The molecule has 2 aromatic carbocycles. The van der Waals surface area contributed by atoms with Crippen molar-refractivity contribution in [3.63, 3.8) is 0 Å². The van der Waals surface area contributed by atoms with Crippen molar-refractivity contribution >= 4 is 23.6 Å². The second-order valence-corrected chi connectivity index (χ2v) is 7.17. The Morgan fingerprint density at radius 3 is 2.22 bits per heavy atom. The minimum absolute atomic E-state index is 0.0217. The van der Waals surface area contributed by atoms with Crippen LogP contribution in [0.1, 0.15) is 36.2 Å². The minimum Gasteiger partial charge on any atom is -0.352 e. The largest absolute Gasteiger partial charge is 0.352 e. The zero-order valence-electron chi connectivity index (χ0n) is 15.7. The van der Waals surface area contributed by atoms with Crippen LogP contribution < -0.4 is 5.32 Å². The molecule has 0 radical (unpaired) electrons. The standard InChI is InChI=1S/C21H25FN2O2S/c1-3-24(4-2)21(26)17-7-5-16(6-8-17)15-23-20(25)13-14-27-19-11-9-18(22)10-12-19/h5-12H,3-4,13-15H2,1-2H3,(H,23,25). The fraction of sp³-hybridized carbons (Fsp3) is 0.333. The van der Waals surface area contributed by atoms with Gasteiger partial charge in [0.15, 0.2) is 0 Å². The predicted molar refractivity (Wildman–Crippen MR) is 107 cm³/mol. The Labute approximate surface area is 164 Å². The van der Waals surface area contributed by atoms with Crippen LogP contribution in [0.3, 0.4) is 0 Å². The summed E-state index contributed by atoms with van der Waals surface area (Å²) >= 11 is 1.52. The van der Waals surface area contributed by atoms with Crippen LogP contribution in [0, 0.1) is 5.82 Å². The number of thioether (sulfide) groups is 1. The maximum absolute atomic E-state index is 12.8.